The van der Waals surface area contributed by atoms with E-state index in [1.54, 1.807) is 12.5 Å². The summed E-state index contributed by atoms with van der Waals surface area (Å²) in [6.45, 7) is 26.3. The number of H-pyrrole nitrogens is 1. The quantitative estimate of drug-likeness (QED) is 0.429. The normalized spacial score (nSPS) is 18.3. The third-order valence-corrected chi connectivity index (χ3v) is 3.68. The number of nitrogens with zero attached hydrogens (tertiary/aromatic N) is 3. The molecule has 5 nitrogen and oxygen atoms in total. The van der Waals surface area contributed by atoms with Gasteiger partial charge in [0.2, 0.25) is 0 Å². The number of imidazole rings is 1. The van der Waals surface area contributed by atoms with Gasteiger partial charge in [0.05, 0.1) is 6.33 Å². The second-order valence-corrected chi connectivity index (χ2v) is 6.35. The first kappa shape index (κ1) is 37.6. The molecule has 190 valence electrons. The largest absolute Gasteiger partial charge is 0.381 e. The molecular weight excluding hydrogens is 396 g/mol. The van der Waals surface area contributed by atoms with Crippen LogP contribution in [0.2, 0.25) is 0 Å². The Hall–Kier alpha value is -1.75. The Morgan fingerprint density at radius 1 is 0.906 bits per heavy atom. The minimum absolute atomic E-state index is 0.616. The predicted octanol–water partition coefficient (Wildman–Crippen LogP) is 8.47. The minimum Gasteiger partial charge on any atom is -0.381 e. The van der Waals surface area contributed by atoms with E-state index in [2.05, 4.69) is 39.9 Å². The molecule has 0 bridgehead atoms. The number of aryl methyl sites for hydroxylation is 1. The summed E-state index contributed by atoms with van der Waals surface area (Å²) in [4.78, 5) is 14.7. The van der Waals surface area contributed by atoms with Crippen LogP contribution < -0.4 is 0 Å². The maximum absolute atomic E-state index is 5.06. The molecule has 1 aromatic rings. The van der Waals surface area contributed by atoms with Crippen molar-refractivity contribution < 1.29 is 4.74 Å². The molecule has 0 aliphatic carbocycles. The summed E-state index contributed by atoms with van der Waals surface area (Å²) >= 11 is 0. The summed E-state index contributed by atoms with van der Waals surface area (Å²) in [5, 5.41) is 0. The van der Waals surface area contributed by atoms with E-state index in [1.165, 1.54) is 19.3 Å². The van der Waals surface area contributed by atoms with Crippen LogP contribution in [-0.2, 0) is 4.74 Å². The summed E-state index contributed by atoms with van der Waals surface area (Å²) in [5.74, 6) is 0.824. The van der Waals surface area contributed by atoms with Crippen LogP contribution in [0.5, 0.6) is 0 Å². The van der Waals surface area contributed by atoms with Gasteiger partial charge in [-0.1, -0.05) is 68.4 Å². The molecule has 4 rings (SSSR count). The van der Waals surface area contributed by atoms with Gasteiger partial charge in [0.25, 0.3) is 0 Å². The minimum atomic E-state index is 0.616. The van der Waals surface area contributed by atoms with Crippen LogP contribution >= 0.6 is 0 Å². The molecule has 1 N–H and O–H groups in total. The topological polar surface area (TPSA) is 62.6 Å². The summed E-state index contributed by atoms with van der Waals surface area (Å²) in [6.07, 6.45) is 14.2. The van der Waals surface area contributed by atoms with Crippen LogP contribution in [0.25, 0.3) is 0 Å². The van der Waals surface area contributed by atoms with E-state index < -0.39 is 0 Å². The lowest BCUT2D eigenvalue weighted by atomic mass is 10.2. The van der Waals surface area contributed by atoms with E-state index in [9.17, 15) is 0 Å². The smallest absolute Gasteiger partial charge is 0.0921 e. The van der Waals surface area contributed by atoms with E-state index in [0.717, 1.165) is 36.9 Å². The Labute approximate surface area is 201 Å². The van der Waals surface area contributed by atoms with Gasteiger partial charge >= 0.3 is 0 Å². The van der Waals surface area contributed by atoms with Crippen molar-refractivity contribution >= 4 is 12.4 Å². The maximum atomic E-state index is 5.06. The van der Waals surface area contributed by atoms with Crippen molar-refractivity contribution in [2.75, 3.05) is 13.2 Å². The van der Waals surface area contributed by atoms with E-state index in [1.807, 2.05) is 81.7 Å². The van der Waals surface area contributed by atoms with Crippen molar-refractivity contribution in [1.29, 1.82) is 0 Å². The third-order valence-electron chi connectivity index (χ3n) is 3.68. The van der Waals surface area contributed by atoms with Crippen molar-refractivity contribution in [3.05, 3.63) is 30.0 Å². The van der Waals surface area contributed by atoms with Crippen LogP contribution in [0.15, 0.2) is 34.3 Å². The Bertz CT molecular complexity index is 499. The first-order valence-corrected chi connectivity index (χ1v) is 12.8. The predicted molar refractivity (Wildman–Crippen MR) is 147 cm³/mol. The van der Waals surface area contributed by atoms with Crippen LogP contribution in [0.1, 0.15) is 108 Å². The molecule has 1 fully saturated rings. The van der Waals surface area contributed by atoms with Crippen molar-refractivity contribution in [3.8, 4) is 0 Å². The average molecular weight is 453 g/mol. The second-order valence-electron chi connectivity index (χ2n) is 6.35. The fraction of sp³-hybridized carbons (Fsp3) is 0.741. The molecule has 0 spiro atoms. The zero-order chi connectivity index (χ0) is 25.6. The van der Waals surface area contributed by atoms with Gasteiger partial charge in [-0.15, -0.1) is 0 Å². The second kappa shape index (κ2) is 33.9. The van der Waals surface area contributed by atoms with Crippen LogP contribution in [0.4, 0.5) is 0 Å². The molecule has 32 heavy (non-hydrogen) atoms. The highest BCUT2D eigenvalue weighted by Crippen LogP contribution is 2.09. The zero-order valence-corrected chi connectivity index (χ0v) is 23.5. The molecule has 1 saturated heterocycles. The van der Waals surface area contributed by atoms with Gasteiger partial charge in [-0.2, -0.15) is 0 Å². The first-order chi connectivity index (χ1) is 15.6. The number of aromatic nitrogens is 2. The van der Waals surface area contributed by atoms with Gasteiger partial charge in [-0.05, 0) is 52.2 Å². The summed E-state index contributed by atoms with van der Waals surface area (Å²) in [5.41, 5.74) is 2.25. The molecule has 2 unspecified atom stereocenters. The molecule has 3 aliphatic rings. The summed E-state index contributed by atoms with van der Waals surface area (Å²) in [6, 6.07) is 0.616. The number of nitrogens with one attached hydrogen (secondary N) is 1. The monoisotopic (exact) mass is 452 g/mol. The summed E-state index contributed by atoms with van der Waals surface area (Å²) in [7, 11) is 0. The van der Waals surface area contributed by atoms with Crippen LogP contribution in [0.3, 0.4) is 0 Å². The van der Waals surface area contributed by atoms with Gasteiger partial charge in [0.1, 0.15) is 0 Å². The standard InChI is InChI=1S/C5H9N.C5H7N.C5H10O.C4H6N2.4C2H6/c2*1-5-3-2-4-6-5;1-5-2-3-6-4-5;1-4-2-5-3-6-4;4*1-2/h4-5H,2-3H2,1H3;3-4H,2H2,1H3;5H,2-4H2,1H3;2-3H,1H3,(H,5,6);4*1-2H3. The van der Waals surface area contributed by atoms with Gasteiger partial charge in [0, 0.05) is 49.5 Å². The molecule has 1 aromatic heterocycles. The Balaban J connectivity index is -0.000000148. The number of aliphatic imine (C=N–C) groups is 2. The number of hydrogen-bond acceptors (Lipinski definition) is 4. The number of ether oxygens (including phenoxy) is 1. The third kappa shape index (κ3) is 30.4. The van der Waals surface area contributed by atoms with Gasteiger partial charge in [-0.25, -0.2) is 4.98 Å². The molecule has 0 saturated carbocycles. The van der Waals surface area contributed by atoms with Crippen molar-refractivity contribution in [1.82, 2.24) is 9.97 Å². The molecule has 2 atom stereocenters. The average Bonchev–Trinajstić information content (AvgIpc) is 3.67. The molecule has 0 radical (unpaired) electrons. The highest BCUT2D eigenvalue weighted by atomic mass is 16.5. The van der Waals surface area contributed by atoms with Crippen molar-refractivity contribution in [3.63, 3.8) is 0 Å². The molecule has 4 heterocycles. The lowest BCUT2D eigenvalue weighted by Gasteiger charge is -1.89. The number of aromatic amines is 1. The SMILES string of the molecule is CC.CC.CC.CC.CC1=CCC=N1.CC1CCC=N1.CC1CCOC1.Cc1cnc[nH]1. The lowest BCUT2D eigenvalue weighted by Crippen LogP contribution is -1.88. The fourth-order valence-electron chi connectivity index (χ4n) is 2.10. The number of rotatable bonds is 0. The Morgan fingerprint density at radius 3 is 1.66 bits per heavy atom. The van der Waals surface area contributed by atoms with E-state index >= 15 is 0 Å². The van der Waals surface area contributed by atoms with Gasteiger partial charge < -0.3 is 9.72 Å². The van der Waals surface area contributed by atoms with Crippen LogP contribution in [-0.4, -0.2) is 41.7 Å². The zero-order valence-electron chi connectivity index (χ0n) is 23.5. The maximum Gasteiger partial charge on any atom is 0.0921 e. The number of hydrogen-bond donors (Lipinski definition) is 1. The summed E-state index contributed by atoms with van der Waals surface area (Å²) < 4.78 is 5.06. The van der Waals surface area contributed by atoms with E-state index in [0.29, 0.717) is 6.04 Å². The van der Waals surface area contributed by atoms with E-state index in [4.69, 9.17) is 4.74 Å². The fourth-order valence-corrected chi connectivity index (χ4v) is 2.10. The molecule has 5 heteroatoms. The van der Waals surface area contributed by atoms with Crippen LogP contribution in [0, 0.1) is 12.8 Å². The van der Waals surface area contributed by atoms with Gasteiger partial charge in [0.15, 0.2) is 0 Å². The lowest BCUT2D eigenvalue weighted by molar-refractivity contribution is 0.188. The Morgan fingerprint density at radius 2 is 1.53 bits per heavy atom. The highest BCUT2D eigenvalue weighted by Gasteiger charge is 2.07. The molecule has 0 amide bonds. The highest BCUT2D eigenvalue weighted by molar-refractivity contribution is 5.64. The molecule has 3 aliphatic heterocycles. The Kier molecular flexibility index (Phi) is 39.8. The first-order valence-electron chi connectivity index (χ1n) is 12.8. The number of allylic oxidation sites excluding steroid dienone is 2. The molecule has 0 aromatic carbocycles. The van der Waals surface area contributed by atoms with Gasteiger partial charge in [-0.3, -0.25) is 9.98 Å². The van der Waals surface area contributed by atoms with E-state index in [-0.39, 0.29) is 0 Å². The van der Waals surface area contributed by atoms with Crippen molar-refractivity contribution in [2.24, 2.45) is 15.9 Å². The van der Waals surface area contributed by atoms with Crippen molar-refractivity contribution in [2.45, 2.75) is 115 Å². The molecular formula is C27H56N4O.